The molecule has 21 heavy (non-hydrogen) atoms. The number of nitrogens with zero attached hydrogens (tertiary/aromatic N) is 2. The van der Waals surface area contributed by atoms with Crippen molar-refractivity contribution in [2.75, 3.05) is 13.1 Å². The lowest BCUT2D eigenvalue weighted by Gasteiger charge is -2.26. The molecule has 1 aliphatic rings. The summed E-state index contributed by atoms with van der Waals surface area (Å²) < 4.78 is 27.1. The van der Waals surface area contributed by atoms with Crippen LogP contribution in [-0.2, 0) is 29.5 Å². The van der Waals surface area contributed by atoms with Gasteiger partial charge in [-0.25, -0.2) is 8.42 Å². The highest BCUT2D eigenvalue weighted by Crippen LogP contribution is 2.28. The molecule has 0 radical (unpaired) electrons. The topological polar surface area (TPSA) is 78.1 Å². The number of fused-ring (bicyclic) bond motifs is 1. The summed E-state index contributed by atoms with van der Waals surface area (Å²) >= 11 is 1.70. The second kappa shape index (κ2) is 5.88. The number of rotatable bonds is 5. The van der Waals surface area contributed by atoms with E-state index in [-0.39, 0.29) is 5.03 Å². The van der Waals surface area contributed by atoms with E-state index in [9.17, 15) is 8.42 Å². The monoisotopic (exact) mass is 326 g/mol. The maximum atomic E-state index is 12.8. The summed E-state index contributed by atoms with van der Waals surface area (Å²) in [6, 6.07) is 2.01. The van der Waals surface area contributed by atoms with Crippen LogP contribution in [0.1, 0.15) is 22.9 Å². The molecule has 0 unspecified atom stereocenters. The molecule has 1 aliphatic heterocycles. The number of hydrogen-bond donors (Lipinski definition) is 2. The van der Waals surface area contributed by atoms with Crippen molar-refractivity contribution in [3.05, 3.63) is 33.6 Å². The number of aromatic amines is 1. The van der Waals surface area contributed by atoms with Gasteiger partial charge in [0.1, 0.15) is 0 Å². The fourth-order valence-corrected chi connectivity index (χ4v) is 4.88. The summed E-state index contributed by atoms with van der Waals surface area (Å²) in [6.45, 7) is 4.24. The Bertz CT molecular complexity index is 720. The van der Waals surface area contributed by atoms with E-state index < -0.39 is 10.0 Å². The van der Waals surface area contributed by atoms with Gasteiger partial charge in [0.05, 0.1) is 6.20 Å². The first kappa shape index (κ1) is 14.7. The van der Waals surface area contributed by atoms with Gasteiger partial charge >= 0.3 is 0 Å². The van der Waals surface area contributed by atoms with Crippen molar-refractivity contribution in [1.82, 2.24) is 19.8 Å². The van der Waals surface area contributed by atoms with Gasteiger partial charge in [-0.3, -0.25) is 5.10 Å². The van der Waals surface area contributed by atoms with Gasteiger partial charge in [0.15, 0.2) is 5.03 Å². The third-order valence-electron chi connectivity index (χ3n) is 3.61. The third-order valence-corrected chi connectivity index (χ3v) is 6.50. The Morgan fingerprint density at radius 1 is 1.52 bits per heavy atom. The molecule has 0 atom stereocenters. The number of thiophene rings is 1. The second-order valence-electron chi connectivity index (χ2n) is 4.96. The zero-order valence-corrected chi connectivity index (χ0v) is 13.4. The van der Waals surface area contributed by atoms with Crippen LogP contribution in [0.3, 0.4) is 0 Å². The molecular formula is C13H18N4O2S2. The van der Waals surface area contributed by atoms with Crippen molar-refractivity contribution in [3.63, 3.8) is 0 Å². The molecule has 3 heterocycles. The molecule has 8 heteroatoms. The molecule has 0 fully saturated rings. The van der Waals surface area contributed by atoms with Gasteiger partial charge in [0, 0.05) is 30.1 Å². The highest BCUT2D eigenvalue weighted by atomic mass is 32.2. The maximum absolute atomic E-state index is 12.8. The highest BCUT2D eigenvalue weighted by molar-refractivity contribution is 7.89. The lowest BCUT2D eigenvalue weighted by Crippen LogP contribution is -2.36. The van der Waals surface area contributed by atoms with Crippen LogP contribution >= 0.6 is 11.3 Å². The van der Waals surface area contributed by atoms with Crippen LogP contribution in [0.4, 0.5) is 0 Å². The Kier molecular flexibility index (Phi) is 4.12. The van der Waals surface area contributed by atoms with Crippen LogP contribution in [0.5, 0.6) is 0 Å². The van der Waals surface area contributed by atoms with Crippen molar-refractivity contribution in [1.29, 1.82) is 0 Å². The summed E-state index contributed by atoms with van der Waals surface area (Å²) in [7, 11) is -3.52. The number of aromatic nitrogens is 2. The average Bonchev–Trinajstić information content (AvgIpc) is 3.13. The first-order valence-electron chi connectivity index (χ1n) is 6.91. The molecule has 0 saturated heterocycles. The Labute approximate surface area is 128 Å². The van der Waals surface area contributed by atoms with Crippen molar-refractivity contribution in [2.45, 2.75) is 31.5 Å². The molecule has 2 aromatic rings. The van der Waals surface area contributed by atoms with E-state index in [0.717, 1.165) is 18.5 Å². The van der Waals surface area contributed by atoms with Crippen molar-refractivity contribution in [3.8, 4) is 0 Å². The van der Waals surface area contributed by atoms with E-state index in [1.54, 1.807) is 17.5 Å². The lowest BCUT2D eigenvalue weighted by atomic mass is 10.1. The molecule has 3 rings (SSSR count). The fraction of sp³-hybridized carbons (Fsp3) is 0.462. The molecule has 0 spiro atoms. The molecule has 2 N–H and O–H groups in total. The molecular weight excluding hydrogens is 308 g/mol. The normalized spacial score (nSPS) is 16.0. The summed E-state index contributed by atoms with van der Waals surface area (Å²) in [5, 5.41) is 11.9. The van der Waals surface area contributed by atoms with Crippen LogP contribution in [0.2, 0.25) is 0 Å². The molecule has 0 amide bonds. The first-order valence-corrected chi connectivity index (χ1v) is 9.23. The molecule has 0 saturated carbocycles. The van der Waals surface area contributed by atoms with Gasteiger partial charge in [-0.2, -0.15) is 9.40 Å². The van der Waals surface area contributed by atoms with Gasteiger partial charge < -0.3 is 5.32 Å². The molecule has 0 aromatic carbocycles. The Morgan fingerprint density at radius 3 is 3.19 bits per heavy atom. The van der Waals surface area contributed by atoms with Crippen molar-refractivity contribution >= 4 is 21.4 Å². The average molecular weight is 326 g/mol. The zero-order valence-electron chi connectivity index (χ0n) is 11.8. The minimum absolute atomic E-state index is 0.210. The number of sulfonamides is 1. The van der Waals surface area contributed by atoms with Gasteiger partial charge in [-0.05, 0) is 30.0 Å². The van der Waals surface area contributed by atoms with Gasteiger partial charge in [0.25, 0.3) is 10.0 Å². The predicted molar refractivity (Wildman–Crippen MR) is 81.6 cm³/mol. The van der Waals surface area contributed by atoms with Crippen molar-refractivity contribution in [2.24, 2.45) is 0 Å². The lowest BCUT2D eigenvalue weighted by molar-refractivity contribution is 0.391. The smallest absolute Gasteiger partial charge is 0.260 e. The summed E-state index contributed by atoms with van der Waals surface area (Å²) in [5.74, 6) is 0. The van der Waals surface area contributed by atoms with Crippen LogP contribution in [0.25, 0.3) is 0 Å². The third kappa shape index (κ3) is 2.76. The summed E-state index contributed by atoms with van der Waals surface area (Å²) in [6.07, 6.45) is 2.36. The fourth-order valence-electron chi connectivity index (χ4n) is 2.47. The summed E-state index contributed by atoms with van der Waals surface area (Å²) in [5.41, 5.74) is 1.80. The molecule has 0 aliphatic carbocycles. The molecule has 6 nitrogen and oxygen atoms in total. The SMILES string of the molecule is CCNCc1cn[nH]c1S(=O)(=O)N1CCc2sccc2C1. The quantitative estimate of drug-likeness (QED) is 0.869. The van der Waals surface area contributed by atoms with Crippen LogP contribution < -0.4 is 5.32 Å². The maximum Gasteiger partial charge on any atom is 0.260 e. The molecule has 0 bridgehead atoms. The van der Waals surface area contributed by atoms with E-state index in [0.29, 0.717) is 25.2 Å². The Hall–Kier alpha value is -1.22. The standard InChI is InChI=1S/C13H18N4O2S2/c1-2-14-7-11-8-15-16-13(11)21(18,19)17-5-3-12-10(9-17)4-6-20-12/h4,6,8,14H,2-3,5,7,9H2,1H3,(H,15,16). The largest absolute Gasteiger partial charge is 0.313 e. The van der Waals surface area contributed by atoms with Crippen molar-refractivity contribution < 1.29 is 8.42 Å². The van der Waals surface area contributed by atoms with E-state index in [2.05, 4.69) is 15.5 Å². The minimum atomic E-state index is -3.52. The second-order valence-corrected chi connectivity index (χ2v) is 7.84. The highest BCUT2D eigenvalue weighted by Gasteiger charge is 2.31. The Balaban J connectivity index is 1.86. The molecule has 114 valence electrons. The zero-order chi connectivity index (χ0) is 14.9. The van der Waals surface area contributed by atoms with E-state index in [1.807, 2.05) is 18.4 Å². The van der Waals surface area contributed by atoms with Gasteiger partial charge in [-0.1, -0.05) is 6.92 Å². The number of nitrogens with one attached hydrogen (secondary N) is 2. The predicted octanol–water partition coefficient (Wildman–Crippen LogP) is 1.33. The summed E-state index contributed by atoms with van der Waals surface area (Å²) in [4.78, 5) is 1.29. The Morgan fingerprint density at radius 2 is 2.38 bits per heavy atom. The van der Waals surface area contributed by atoms with E-state index >= 15 is 0 Å². The minimum Gasteiger partial charge on any atom is -0.313 e. The van der Waals surface area contributed by atoms with Crippen LogP contribution in [-0.4, -0.2) is 36.0 Å². The number of H-pyrrole nitrogens is 1. The van der Waals surface area contributed by atoms with Gasteiger partial charge in [-0.15, -0.1) is 11.3 Å². The van der Waals surface area contributed by atoms with Gasteiger partial charge in [0.2, 0.25) is 0 Å². The van der Waals surface area contributed by atoms with Crippen LogP contribution in [0.15, 0.2) is 22.7 Å². The van der Waals surface area contributed by atoms with E-state index in [1.165, 1.54) is 9.18 Å². The van der Waals surface area contributed by atoms with E-state index in [4.69, 9.17) is 0 Å². The molecule has 2 aromatic heterocycles. The first-order chi connectivity index (χ1) is 10.1. The van der Waals surface area contributed by atoms with Crippen LogP contribution in [0, 0.1) is 0 Å². The number of hydrogen-bond acceptors (Lipinski definition) is 5.